The maximum atomic E-state index is 13.6. The molecule has 2 aromatic carbocycles. The summed E-state index contributed by atoms with van der Waals surface area (Å²) < 4.78 is 34.8. The van der Waals surface area contributed by atoms with Crippen LogP contribution in [0.3, 0.4) is 0 Å². The topological polar surface area (TPSA) is 14.2 Å². The molecule has 2 nitrogen and oxygen atoms in total. The lowest BCUT2D eigenvalue weighted by molar-refractivity contribution is 0.291. The molecule has 0 aliphatic carbocycles. The Hall–Kier alpha value is -2.36. The number of aromatic nitrogens is 1. The van der Waals surface area contributed by atoms with Crippen LogP contribution in [-0.2, 0) is 6.61 Å². The number of hydrogen-bond donors (Lipinski definition) is 0. The molecule has 3 aromatic rings. The van der Waals surface area contributed by atoms with Crippen LogP contribution >= 0.6 is 0 Å². The summed E-state index contributed by atoms with van der Waals surface area (Å²) in [5.41, 5.74) is 1.79. The van der Waals surface area contributed by atoms with E-state index in [2.05, 4.69) is 18.4 Å². The smallest absolute Gasteiger partial charge is 0.165 e. The van der Waals surface area contributed by atoms with Gasteiger partial charge in [-0.3, -0.25) is 0 Å². The molecule has 22 heavy (non-hydrogen) atoms. The number of para-hydroxylation sites is 1. The van der Waals surface area contributed by atoms with Crippen LogP contribution in [0.4, 0.5) is 8.78 Å². The molecule has 114 valence electrons. The van der Waals surface area contributed by atoms with Crippen molar-refractivity contribution in [3.8, 4) is 5.75 Å². The zero-order valence-corrected chi connectivity index (χ0v) is 12.5. The summed E-state index contributed by atoms with van der Waals surface area (Å²) in [4.78, 5) is 0. The van der Waals surface area contributed by atoms with Gasteiger partial charge in [0.2, 0.25) is 0 Å². The summed E-state index contributed by atoms with van der Waals surface area (Å²) in [7, 11) is 0. The second-order valence-corrected chi connectivity index (χ2v) is 5.54. The quantitative estimate of drug-likeness (QED) is 0.655. The molecule has 0 N–H and O–H groups in total. The number of benzene rings is 2. The molecule has 4 heteroatoms. The SMILES string of the molecule is CC(C)n1cc(COc2ccccc2F)c2cc(F)ccc21. The standard InChI is InChI=1S/C18H17F2NO/c1-12(2)21-10-13(15-9-14(19)7-8-17(15)21)11-22-18-6-4-3-5-16(18)20/h3-10,12H,11H2,1-2H3. The lowest BCUT2D eigenvalue weighted by Crippen LogP contribution is -1.99. The van der Waals surface area contributed by atoms with E-state index in [-0.39, 0.29) is 24.2 Å². The molecule has 0 saturated carbocycles. The van der Waals surface area contributed by atoms with E-state index >= 15 is 0 Å². The summed E-state index contributed by atoms with van der Waals surface area (Å²) in [6.07, 6.45) is 1.94. The third kappa shape index (κ3) is 2.69. The highest BCUT2D eigenvalue weighted by atomic mass is 19.1. The Bertz CT molecular complexity index is 808. The average molecular weight is 301 g/mol. The summed E-state index contributed by atoms with van der Waals surface area (Å²) in [6, 6.07) is 11.2. The number of rotatable bonds is 4. The molecule has 1 heterocycles. The zero-order chi connectivity index (χ0) is 15.7. The van der Waals surface area contributed by atoms with Crippen LogP contribution in [0, 0.1) is 11.6 Å². The Balaban J connectivity index is 1.96. The van der Waals surface area contributed by atoms with Gasteiger partial charge in [0.15, 0.2) is 11.6 Å². The molecule has 0 unspecified atom stereocenters. The first-order valence-corrected chi connectivity index (χ1v) is 7.22. The Labute approximate surface area is 127 Å². The normalized spacial score (nSPS) is 11.3. The molecule has 0 aliphatic heterocycles. The van der Waals surface area contributed by atoms with Crippen LogP contribution in [0.1, 0.15) is 25.5 Å². The Kier molecular flexibility index (Phi) is 3.84. The average Bonchev–Trinajstić information content (AvgIpc) is 2.84. The first-order chi connectivity index (χ1) is 10.6. The van der Waals surface area contributed by atoms with Crippen LogP contribution in [-0.4, -0.2) is 4.57 Å². The Morgan fingerprint density at radius 3 is 2.59 bits per heavy atom. The molecular weight excluding hydrogens is 284 g/mol. The van der Waals surface area contributed by atoms with Crippen molar-refractivity contribution in [1.29, 1.82) is 0 Å². The molecule has 0 saturated heterocycles. The van der Waals surface area contributed by atoms with E-state index in [9.17, 15) is 8.78 Å². The molecule has 1 aromatic heterocycles. The van der Waals surface area contributed by atoms with E-state index in [1.807, 2.05) is 6.20 Å². The van der Waals surface area contributed by atoms with Crippen molar-refractivity contribution in [1.82, 2.24) is 4.57 Å². The highest BCUT2D eigenvalue weighted by molar-refractivity contribution is 5.84. The molecule has 0 bridgehead atoms. The van der Waals surface area contributed by atoms with Gasteiger partial charge in [-0.1, -0.05) is 12.1 Å². The summed E-state index contributed by atoms with van der Waals surface area (Å²) in [5.74, 6) is -0.494. The molecule has 0 atom stereocenters. The minimum Gasteiger partial charge on any atom is -0.486 e. The third-order valence-electron chi connectivity index (χ3n) is 3.65. The third-order valence-corrected chi connectivity index (χ3v) is 3.65. The number of fused-ring (bicyclic) bond motifs is 1. The lowest BCUT2D eigenvalue weighted by Gasteiger charge is -2.08. The number of halogens is 2. The molecule has 0 spiro atoms. The van der Waals surface area contributed by atoms with Crippen molar-refractivity contribution < 1.29 is 13.5 Å². The zero-order valence-electron chi connectivity index (χ0n) is 12.5. The fourth-order valence-electron chi connectivity index (χ4n) is 2.56. The summed E-state index contributed by atoms with van der Waals surface area (Å²) in [5, 5.41) is 0.796. The van der Waals surface area contributed by atoms with Gasteiger partial charge in [0, 0.05) is 28.7 Å². The molecule has 3 rings (SSSR count). The monoisotopic (exact) mass is 301 g/mol. The minimum atomic E-state index is -0.402. The van der Waals surface area contributed by atoms with Crippen LogP contribution in [0.5, 0.6) is 5.75 Å². The van der Waals surface area contributed by atoms with Gasteiger partial charge in [-0.15, -0.1) is 0 Å². The highest BCUT2D eigenvalue weighted by Crippen LogP contribution is 2.27. The maximum absolute atomic E-state index is 13.6. The largest absolute Gasteiger partial charge is 0.486 e. The van der Waals surface area contributed by atoms with E-state index in [1.165, 1.54) is 18.2 Å². The Morgan fingerprint density at radius 2 is 1.86 bits per heavy atom. The van der Waals surface area contributed by atoms with Crippen molar-refractivity contribution in [2.75, 3.05) is 0 Å². The second-order valence-electron chi connectivity index (χ2n) is 5.54. The van der Waals surface area contributed by atoms with Crippen LogP contribution < -0.4 is 4.74 Å². The predicted molar refractivity (Wildman–Crippen MR) is 83.0 cm³/mol. The van der Waals surface area contributed by atoms with Crippen molar-refractivity contribution >= 4 is 10.9 Å². The van der Waals surface area contributed by atoms with Gasteiger partial charge in [0.25, 0.3) is 0 Å². The Morgan fingerprint density at radius 1 is 1.09 bits per heavy atom. The molecule has 0 aliphatic rings. The summed E-state index contributed by atoms with van der Waals surface area (Å²) in [6.45, 7) is 4.31. The van der Waals surface area contributed by atoms with Crippen LogP contribution in [0.15, 0.2) is 48.7 Å². The van der Waals surface area contributed by atoms with Crippen molar-refractivity contribution in [2.24, 2.45) is 0 Å². The second kappa shape index (κ2) is 5.79. The molecule has 0 fully saturated rings. The van der Waals surface area contributed by atoms with Gasteiger partial charge >= 0.3 is 0 Å². The van der Waals surface area contributed by atoms with E-state index in [0.29, 0.717) is 0 Å². The van der Waals surface area contributed by atoms with Gasteiger partial charge in [-0.25, -0.2) is 8.78 Å². The first-order valence-electron chi connectivity index (χ1n) is 7.22. The van der Waals surface area contributed by atoms with Crippen molar-refractivity contribution in [3.63, 3.8) is 0 Å². The number of ether oxygens (including phenoxy) is 1. The van der Waals surface area contributed by atoms with E-state index in [1.54, 1.807) is 24.3 Å². The van der Waals surface area contributed by atoms with Crippen molar-refractivity contribution in [2.45, 2.75) is 26.5 Å². The maximum Gasteiger partial charge on any atom is 0.165 e. The molecule has 0 radical (unpaired) electrons. The molecule has 0 amide bonds. The minimum absolute atomic E-state index is 0.195. The first kappa shape index (κ1) is 14.6. The number of nitrogens with zero attached hydrogens (tertiary/aromatic N) is 1. The van der Waals surface area contributed by atoms with Gasteiger partial charge in [-0.2, -0.15) is 0 Å². The number of hydrogen-bond acceptors (Lipinski definition) is 1. The van der Waals surface area contributed by atoms with Crippen LogP contribution in [0.25, 0.3) is 10.9 Å². The van der Waals surface area contributed by atoms with E-state index < -0.39 is 5.82 Å². The van der Waals surface area contributed by atoms with Gasteiger partial charge < -0.3 is 9.30 Å². The van der Waals surface area contributed by atoms with Crippen LogP contribution in [0.2, 0.25) is 0 Å². The highest BCUT2D eigenvalue weighted by Gasteiger charge is 2.12. The van der Waals surface area contributed by atoms with Gasteiger partial charge in [-0.05, 0) is 44.2 Å². The van der Waals surface area contributed by atoms with Crippen molar-refractivity contribution in [3.05, 3.63) is 65.9 Å². The van der Waals surface area contributed by atoms with Gasteiger partial charge in [0.1, 0.15) is 12.4 Å². The fourth-order valence-corrected chi connectivity index (χ4v) is 2.56. The van der Waals surface area contributed by atoms with Gasteiger partial charge in [0.05, 0.1) is 0 Å². The predicted octanol–water partition coefficient (Wildman–Crippen LogP) is 5.08. The fraction of sp³-hybridized carbons (Fsp3) is 0.222. The summed E-state index contributed by atoms with van der Waals surface area (Å²) >= 11 is 0. The lowest BCUT2D eigenvalue weighted by atomic mass is 10.2. The molecular formula is C18H17F2NO. The van der Waals surface area contributed by atoms with E-state index in [4.69, 9.17) is 4.74 Å². The van der Waals surface area contributed by atoms with E-state index in [0.717, 1.165) is 16.5 Å².